The Balaban J connectivity index is 2.06. The van der Waals surface area contributed by atoms with Crippen LogP contribution in [0.15, 0.2) is 35.7 Å². The van der Waals surface area contributed by atoms with Crippen LogP contribution in [0.5, 0.6) is 0 Å². The van der Waals surface area contributed by atoms with E-state index in [1.165, 1.54) is 10.4 Å². The quantitative estimate of drug-likeness (QED) is 0.864. The van der Waals surface area contributed by atoms with Gasteiger partial charge in [-0.1, -0.05) is 13.0 Å². The second kappa shape index (κ2) is 5.69. The Morgan fingerprint density at radius 2 is 2.22 bits per heavy atom. The van der Waals surface area contributed by atoms with E-state index in [1.54, 1.807) is 29.5 Å². The van der Waals surface area contributed by atoms with Crippen LogP contribution in [0.3, 0.4) is 0 Å². The SMILES string of the molecule is CCc1ccsc1CNc1cccc(C(=O)O)c1. The first-order chi connectivity index (χ1) is 8.70. The normalized spacial score (nSPS) is 10.3. The summed E-state index contributed by atoms with van der Waals surface area (Å²) in [5.74, 6) is -0.899. The molecule has 18 heavy (non-hydrogen) atoms. The van der Waals surface area contributed by atoms with Crippen molar-refractivity contribution in [3.63, 3.8) is 0 Å². The molecule has 2 N–H and O–H groups in total. The molecular weight excluding hydrogens is 246 g/mol. The zero-order valence-electron chi connectivity index (χ0n) is 10.1. The molecule has 0 atom stereocenters. The van der Waals surface area contributed by atoms with Gasteiger partial charge in [-0.15, -0.1) is 11.3 Å². The third-order valence-electron chi connectivity index (χ3n) is 2.78. The summed E-state index contributed by atoms with van der Waals surface area (Å²) < 4.78 is 0. The van der Waals surface area contributed by atoms with Gasteiger partial charge in [0, 0.05) is 17.1 Å². The number of benzene rings is 1. The van der Waals surface area contributed by atoms with Crippen molar-refractivity contribution < 1.29 is 9.90 Å². The van der Waals surface area contributed by atoms with Crippen molar-refractivity contribution in [2.24, 2.45) is 0 Å². The lowest BCUT2D eigenvalue weighted by Gasteiger charge is -2.07. The number of anilines is 1. The van der Waals surface area contributed by atoms with E-state index in [1.807, 2.05) is 6.07 Å². The second-order valence-corrected chi connectivity index (χ2v) is 4.96. The lowest BCUT2D eigenvalue weighted by molar-refractivity contribution is 0.0697. The summed E-state index contributed by atoms with van der Waals surface area (Å²) in [5.41, 5.74) is 2.49. The predicted octanol–water partition coefficient (Wildman–Crippen LogP) is 3.62. The molecule has 1 aromatic carbocycles. The van der Waals surface area contributed by atoms with E-state index >= 15 is 0 Å². The van der Waals surface area contributed by atoms with E-state index in [2.05, 4.69) is 23.7 Å². The number of nitrogens with one attached hydrogen (secondary N) is 1. The number of carboxylic acids is 1. The fourth-order valence-corrected chi connectivity index (χ4v) is 2.70. The fourth-order valence-electron chi connectivity index (χ4n) is 1.78. The van der Waals surface area contributed by atoms with Crippen LogP contribution in [0.2, 0.25) is 0 Å². The van der Waals surface area contributed by atoms with E-state index in [4.69, 9.17) is 5.11 Å². The van der Waals surface area contributed by atoms with E-state index in [9.17, 15) is 4.79 Å². The van der Waals surface area contributed by atoms with Crippen LogP contribution in [-0.2, 0) is 13.0 Å². The molecule has 94 valence electrons. The number of aryl methyl sites for hydroxylation is 1. The highest BCUT2D eigenvalue weighted by atomic mass is 32.1. The van der Waals surface area contributed by atoms with Crippen molar-refractivity contribution in [2.45, 2.75) is 19.9 Å². The van der Waals surface area contributed by atoms with Crippen molar-refractivity contribution >= 4 is 23.0 Å². The molecular formula is C14H15NO2S. The molecule has 1 aromatic heterocycles. The van der Waals surface area contributed by atoms with Crippen molar-refractivity contribution in [1.29, 1.82) is 0 Å². The molecule has 0 aliphatic rings. The average Bonchev–Trinajstić information content (AvgIpc) is 2.84. The van der Waals surface area contributed by atoms with Crippen LogP contribution < -0.4 is 5.32 Å². The Morgan fingerprint density at radius 3 is 2.94 bits per heavy atom. The van der Waals surface area contributed by atoms with Gasteiger partial charge in [-0.3, -0.25) is 0 Å². The highest BCUT2D eigenvalue weighted by molar-refractivity contribution is 7.10. The Kier molecular flexibility index (Phi) is 3.99. The lowest BCUT2D eigenvalue weighted by Crippen LogP contribution is -2.02. The number of rotatable bonds is 5. The second-order valence-electron chi connectivity index (χ2n) is 3.96. The minimum Gasteiger partial charge on any atom is -0.478 e. The van der Waals surface area contributed by atoms with Gasteiger partial charge < -0.3 is 10.4 Å². The zero-order chi connectivity index (χ0) is 13.0. The molecule has 3 nitrogen and oxygen atoms in total. The summed E-state index contributed by atoms with van der Waals surface area (Å²) in [6.45, 7) is 2.88. The van der Waals surface area contributed by atoms with Gasteiger partial charge in [-0.05, 0) is 41.6 Å². The topological polar surface area (TPSA) is 49.3 Å². The molecule has 0 bridgehead atoms. The minimum absolute atomic E-state index is 0.307. The van der Waals surface area contributed by atoms with Gasteiger partial charge in [0.2, 0.25) is 0 Å². The first-order valence-electron chi connectivity index (χ1n) is 5.83. The third-order valence-corrected chi connectivity index (χ3v) is 3.74. The number of hydrogen-bond donors (Lipinski definition) is 2. The summed E-state index contributed by atoms with van der Waals surface area (Å²) >= 11 is 1.73. The Morgan fingerprint density at radius 1 is 1.39 bits per heavy atom. The summed E-state index contributed by atoms with van der Waals surface area (Å²) in [6.07, 6.45) is 1.02. The van der Waals surface area contributed by atoms with Crippen LogP contribution in [0.1, 0.15) is 27.7 Å². The van der Waals surface area contributed by atoms with Crippen molar-refractivity contribution in [1.82, 2.24) is 0 Å². The number of hydrogen-bond acceptors (Lipinski definition) is 3. The average molecular weight is 261 g/mol. The summed E-state index contributed by atoms with van der Waals surface area (Å²) in [7, 11) is 0. The first kappa shape index (κ1) is 12.6. The standard InChI is InChI=1S/C14H15NO2S/c1-2-10-6-7-18-13(10)9-15-12-5-3-4-11(8-12)14(16)17/h3-8,15H,2,9H2,1H3,(H,16,17). The molecule has 0 aliphatic carbocycles. The lowest BCUT2D eigenvalue weighted by atomic mass is 10.2. The predicted molar refractivity (Wildman–Crippen MR) is 74.4 cm³/mol. The maximum atomic E-state index is 10.9. The molecule has 0 fully saturated rings. The maximum absolute atomic E-state index is 10.9. The Labute approximate surface area is 110 Å². The molecule has 1 heterocycles. The molecule has 0 spiro atoms. The maximum Gasteiger partial charge on any atom is 0.335 e. The molecule has 2 rings (SSSR count). The number of carbonyl (C=O) groups is 1. The summed E-state index contributed by atoms with van der Waals surface area (Å²) in [4.78, 5) is 12.2. The highest BCUT2D eigenvalue weighted by Gasteiger charge is 2.05. The van der Waals surface area contributed by atoms with E-state index in [0.717, 1.165) is 18.7 Å². The molecule has 0 saturated carbocycles. The Hall–Kier alpha value is -1.81. The van der Waals surface area contributed by atoms with Gasteiger partial charge in [0.15, 0.2) is 0 Å². The molecule has 0 amide bonds. The van der Waals surface area contributed by atoms with Gasteiger partial charge in [-0.25, -0.2) is 4.79 Å². The molecule has 0 aliphatic heterocycles. The largest absolute Gasteiger partial charge is 0.478 e. The van der Waals surface area contributed by atoms with Gasteiger partial charge in [0.1, 0.15) is 0 Å². The van der Waals surface area contributed by atoms with Crippen molar-refractivity contribution in [2.75, 3.05) is 5.32 Å². The van der Waals surface area contributed by atoms with E-state index in [0.29, 0.717) is 5.56 Å². The van der Waals surface area contributed by atoms with Gasteiger partial charge in [0.05, 0.1) is 5.56 Å². The third kappa shape index (κ3) is 2.90. The number of thiophene rings is 1. The van der Waals surface area contributed by atoms with Crippen molar-refractivity contribution in [3.8, 4) is 0 Å². The zero-order valence-corrected chi connectivity index (χ0v) is 11.0. The molecule has 2 aromatic rings. The summed E-state index contributed by atoms with van der Waals surface area (Å²) in [5, 5.41) is 14.3. The molecule has 0 saturated heterocycles. The van der Waals surface area contributed by atoms with Gasteiger partial charge >= 0.3 is 5.97 Å². The van der Waals surface area contributed by atoms with Crippen LogP contribution in [-0.4, -0.2) is 11.1 Å². The minimum atomic E-state index is -0.899. The number of aromatic carboxylic acids is 1. The summed E-state index contributed by atoms with van der Waals surface area (Å²) in [6, 6.07) is 9.01. The van der Waals surface area contributed by atoms with E-state index < -0.39 is 5.97 Å². The van der Waals surface area contributed by atoms with Crippen LogP contribution in [0.4, 0.5) is 5.69 Å². The highest BCUT2D eigenvalue weighted by Crippen LogP contribution is 2.19. The molecule has 0 unspecified atom stereocenters. The smallest absolute Gasteiger partial charge is 0.335 e. The van der Waals surface area contributed by atoms with E-state index in [-0.39, 0.29) is 0 Å². The van der Waals surface area contributed by atoms with Crippen molar-refractivity contribution in [3.05, 3.63) is 51.7 Å². The van der Waals surface area contributed by atoms with Gasteiger partial charge in [-0.2, -0.15) is 0 Å². The number of carboxylic acid groups (broad SMARTS) is 1. The molecule has 4 heteroatoms. The van der Waals surface area contributed by atoms with Crippen LogP contribution in [0, 0.1) is 0 Å². The van der Waals surface area contributed by atoms with Gasteiger partial charge in [0.25, 0.3) is 0 Å². The first-order valence-corrected chi connectivity index (χ1v) is 6.71. The van der Waals surface area contributed by atoms with Crippen LogP contribution >= 0.6 is 11.3 Å². The fraction of sp³-hybridized carbons (Fsp3) is 0.214. The Bertz CT molecular complexity index is 548. The van der Waals surface area contributed by atoms with Crippen LogP contribution in [0.25, 0.3) is 0 Å². The monoisotopic (exact) mass is 261 g/mol. The molecule has 0 radical (unpaired) electrons.